The van der Waals surface area contributed by atoms with Crippen LogP contribution in [0.1, 0.15) is 90.0 Å². The molecule has 29 heavy (non-hydrogen) atoms. The zero-order valence-electron chi connectivity index (χ0n) is 18.7. The maximum absolute atomic E-state index is 9.00. The van der Waals surface area contributed by atoms with Crippen LogP contribution in [0.25, 0.3) is 0 Å². The summed E-state index contributed by atoms with van der Waals surface area (Å²) in [5.41, 5.74) is 2.69. The van der Waals surface area contributed by atoms with Crippen molar-refractivity contribution in [1.82, 2.24) is 0 Å². The molecule has 0 unspecified atom stereocenters. The average Bonchev–Trinajstić information content (AvgIpc) is 2.71. The van der Waals surface area contributed by atoms with Crippen molar-refractivity contribution in [3.8, 4) is 0 Å². The summed E-state index contributed by atoms with van der Waals surface area (Å²) < 4.78 is 0. The molecule has 1 N–H and O–H groups in total. The second-order valence-electron chi connectivity index (χ2n) is 7.59. The maximum Gasteiger partial charge on any atom is 0.300 e. The number of hydrogen-bond donors (Lipinski definition) is 1. The lowest BCUT2D eigenvalue weighted by molar-refractivity contribution is -0.134. The number of benzene rings is 1. The molecule has 0 heterocycles. The molecule has 0 spiro atoms. The van der Waals surface area contributed by atoms with Crippen LogP contribution in [0.4, 0.5) is 0 Å². The van der Waals surface area contributed by atoms with Crippen LogP contribution in [0.3, 0.4) is 0 Å². The smallest absolute Gasteiger partial charge is 0.300 e. The Morgan fingerprint density at radius 1 is 0.897 bits per heavy atom. The highest BCUT2D eigenvalue weighted by atomic mass is 16.4. The number of hydrogen-bond acceptors (Lipinski definition) is 1. The summed E-state index contributed by atoms with van der Waals surface area (Å²) in [6.45, 7) is 7.14. The summed E-state index contributed by atoms with van der Waals surface area (Å²) in [7, 11) is 0. The van der Waals surface area contributed by atoms with Gasteiger partial charge in [-0.2, -0.15) is 0 Å². The molecule has 0 aliphatic heterocycles. The molecule has 1 aliphatic carbocycles. The highest BCUT2D eigenvalue weighted by Crippen LogP contribution is 2.12. The molecule has 0 saturated heterocycles. The minimum Gasteiger partial charge on any atom is -0.481 e. The molecule has 0 saturated carbocycles. The third kappa shape index (κ3) is 22.1. The first kappa shape index (κ1) is 26.9. The summed E-state index contributed by atoms with van der Waals surface area (Å²) in [4.78, 5) is 9.00. The highest BCUT2D eigenvalue weighted by Gasteiger charge is 1.94. The van der Waals surface area contributed by atoms with Crippen molar-refractivity contribution >= 4 is 5.97 Å². The number of aryl methyl sites for hydroxylation is 1. The fourth-order valence-corrected chi connectivity index (χ4v) is 3.02. The summed E-state index contributed by atoms with van der Waals surface area (Å²) in [6, 6.07) is 10.9. The van der Waals surface area contributed by atoms with Crippen LogP contribution >= 0.6 is 0 Å². The lowest BCUT2D eigenvalue weighted by Crippen LogP contribution is -1.86. The number of aliphatic carboxylic acids is 1. The number of rotatable bonds is 11. The number of carboxylic acids is 1. The SMILES string of the molecule is C=C1C=CC=CC1.CC(=O)O.CCCCCCCCCCCCc1ccccc1. The van der Waals surface area contributed by atoms with Crippen LogP contribution in [-0.2, 0) is 11.2 Å². The van der Waals surface area contributed by atoms with E-state index in [0.29, 0.717) is 0 Å². The topological polar surface area (TPSA) is 37.3 Å². The number of carboxylic acid groups (broad SMARTS) is 1. The fourth-order valence-electron chi connectivity index (χ4n) is 3.02. The van der Waals surface area contributed by atoms with Gasteiger partial charge in [-0.15, -0.1) is 0 Å². The number of unbranched alkanes of at least 4 members (excludes halogenated alkanes) is 9. The van der Waals surface area contributed by atoms with Crippen LogP contribution in [0, 0.1) is 0 Å². The van der Waals surface area contributed by atoms with Crippen molar-refractivity contribution in [2.45, 2.75) is 90.9 Å². The molecule has 1 aromatic carbocycles. The van der Waals surface area contributed by atoms with E-state index in [9.17, 15) is 0 Å². The van der Waals surface area contributed by atoms with Crippen LogP contribution in [0.5, 0.6) is 0 Å². The quantitative estimate of drug-likeness (QED) is 0.381. The van der Waals surface area contributed by atoms with Gasteiger partial charge in [-0.3, -0.25) is 4.79 Å². The molecule has 2 rings (SSSR count). The number of allylic oxidation sites excluding steroid dienone is 5. The van der Waals surface area contributed by atoms with E-state index in [1.807, 2.05) is 18.2 Å². The normalized spacial score (nSPS) is 11.9. The first-order valence-corrected chi connectivity index (χ1v) is 11.3. The van der Waals surface area contributed by atoms with Crippen molar-refractivity contribution in [3.63, 3.8) is 0 Å². The second-order valence-corrected chi connectivity index (χ2v) is 7.59. The second kappa shape index (κ2) is 20.6. The Balaban J connectivity index is 0.000000581. The fraction of sp³-hybridized carbons (Fsp3) is 0.519. The molecule has 1 aromatic rings. The van der Waals surface area contributed by atoms with E-state index >= 15 is 0 Å². The van der Waals surface area contributed by atoms with Crippen molar-refractivity contribution in [2.75, 3.05) is 0 Å². The summed E-state index contributed by atoms with van der Waals surface area (Å²) in [5.74, 6) is -0.833. The lowest BCUT2D eigenvalue weighted by Gasteiger charge is -2.03. The van der Waals surface area contributed by atoms with Crippen LogP contribution in [0.2, 0.25) is 0 Å². The Labute approximate surface area is 179 Å². The van der Waals surface area contributed by atoms with Crippen molar-refractivity contribution in [2.24, 2.45) is 0 Å². The van der Waals surface area contributed by atoms with Gasteiger partial charge in [-0.25, -0.2) is 0 Å². The molecular weight excluding hydrogens is 356 g/mol. The van der Waals surface area contributed by atoms with Crippen LogP contribution in [0.15, 0.2) is 66.8 Å². The predicted octanol–water partition coefficient (Wildman–Crippen LogP) is 8.30. The molecule has 0 bridgehead atoms. The summed E-state index contributed by atoms with van der Waals surface area (Å²) in [6.07, 6.45) is 24.7. The molecule has 0 atom stereocenters. The van der Waals surface area contributed by atoms with E-state index in [1.165, 1.54) is 81.8 Å². The Morgan fingerprint density at radius 2 is 1.41 bits per heavy atom. The molecule has 2 heteroatoms. The first-order chi connectivity index (χ1) is 14.1. The van der Waals surface area contributed by atoms with Crippen molar-refractivity contribution < 1.29 is 9.90 Å². The van der Waals surface area contributed by atoms with Gasteiger partial charge < -0.3 is 5.11 Å². The van der Waals surface area contributed by atoms with Crippen LogP contribution < -0.4 is 0 Å². The third-order valence-electron chi connectivity index (χ3n) is 4.62. The van der Waals surface area contributed by atoms with E-state index in [-0.39, 0.29) is 0 Å². The standard InChI is InChI=1S/C18H30.C7H8.C2H4O2/c1-2-3-4-5-6-7-8-9-10-12-15-18-16-13-11-14-17-18;1-7-5-3-2-4-6-7;1-2(3)4/h11,13-14,16-17H,2-10,12,15H2,1H3;2-5H,1,6H2;1H3,(H,3,4). The molecule has 2 nitrogen and oxygen atoms in total. The summed E-state index contributed by atoms with van der Waals surface area (Å²) >= 11 is 0. The maximum atomic E-state index is 9.00. The van der Waals surface area contributed by atoms with Gasteiger partial charge in [0, 0.05) is 6.92 Å². The molecule has 162 valence electrons. The third-order valence-corrected chi connectivity index (χ3v) is 4.62. The van der Waals surface area contributed by atoms with Gasteiger partial charge in [0.15, 0.2) is 0 Å². The van der Waals surface area contributed by atoms with E-state index in [0.717, 1.165) is 13.3 Å². The number of carbonyl (C=O) groups is 1. The van der Waals surface area contributed by atoms with E-state index in [2.05, 4.69) is 49.9 Å². The van der Waals surface area contributed by atoms with Crippen LogP contribution in [-0.4, -0.2) is 11.1 Å². The Morgan fingerprint density at radius 3 is 1.83 bits per heavy atom. The highest BCUT2D eigenvalue weighted by molar-refractivity contribution is 5.62. The van der Waals surface area contributed by atoms with E-state index in [1.54, 1.807) is 0 Å². The molecule has 0 amide bonds. The van der Waals surface area contributed by atoms with Gasteiger partial charge >= 0.3 is 0 Å². The Hall–Kier alpha value is -2.09. The largest absolute Gasteiger partial charge is 0.481 e. The first-order valence-electron chi connectivity index (χ1n) is 11.3. The molecule has 0 radical (unpaired) electrons. The Bertz CT molecular complexity index is 565. The minimum atomic E-state index is -0.833. The average molecular weight is 399 g/mol. The predicted molar refractivity (Wildman–Crippen MR) is 127 cm³/mol. The lowest BCUT2D eigenvalue weighted by atomic mass is 10.0. The van der Waals surface area contributed by atoms with Crippen molar-refractivity contribution in [1.29, 1.82) is 0 Å². The zero-order valence-corrected chi connectivity index (χ0v) is 18.7. The van der Waals surface area contributed by atoms with E-state index in [4.69, 9.17) is 9.90 Å². The Kier molecular flexibility index (Phi) is 19.2. The molecule has 0 aromatic heterocycles. The van der Waals surface area contributed by atoms with Gasteiger partial charge in [-0.1, -0.05) is 131 Å². The monoisotopic (exact) mass is 398 g/mol. The van der Waals surface area contributed by atoms with E-state index < -0.39 is 5.97 Å². The summed E-state index contributed by atoms with van der Waals surface area (Å²) in [5, 5.41) is 7.42. The van der Waals surface area contributed by atoms with Gasteiger partial charge in [0.25, 0.3) is 5.97 Å². The minimum absolute atomic E-state index is 0.833. The van der Waals surface area contributed by atoms with Gasteiger partial charge in [0.1, 0.15) is 0 Å². The molecule has 0 fully saturated rings. The van der Waals surface area contributed by atoms with Gasteiger partial charge in [0.05, 0.1) is 0 Å². The molecular formula is C27H42O2. The zero-order chi connectivity index (χ0) is 21.6. The van der Waals surface area contributed by atoms with Gasteiger partial charge in [0.2, 0.25) is 0 Å². The van der Waals surface area contributed by atoms with Gasteiger partial charge in [-0.05, 0) is 24.8 Å². The van der Waals surface area contributed by atoms with Crippen molar-refractivity contribution in [3.05, 3.63) is 72.4 Å². The molecule has 1 aliphatic rings.